The summed E-state index contributed by atoms with van der Waals surface area (Å²) in [6.07, 6.45) is -14.6. The van der Waals surface area contributed by atoms with Gasteiger partial charge in [0.15, 0.2) is 0 Å². The highest BCUT2D eigenvalue weighted by atomic mass is 79.9. The van der Waals surface area contributed by atoms with Gasteiger partial charge in [0.2, 0.25) is 0 Å². The Morgan fingerprint density at radius 2 is 1.68 bits per heavy atom. The molecule has 0 bridgehead atoms. The second kappa shape index (κ2) is 12.5. The number of amides is 1. The van der Waals surface area contributed by atoms with Crippen LogP contribution in [0.5, 0.6) is 0 Å². The van der Waals surface area contributed by atoms with Crippen LogP contribution in [-0.2, 0) is 6.18 Å². The lowest BCUT2D eigenvalue weighted by molar-refractivity contribution is -0.140. The van der Waals surface area contributed by atoms with Crippen molar-refractivity contribution >= 4 is 51.0 Å². The molecule has 0 radical (unpaired) electrons. The summed E-state index contributed by atoms with van der Waals surface area (Å²) < 4.78 is 134. The van der Waals surface area contributed by atoms with Crippen molar-refractivity contribution in [2.45, 2.75) is 37.4 Å². The number of rotatable bonds is 8. The van der Waals surface area contributed by atoms with Gasteiger partial charge < -0.3 is 5.32 Å². The van der Waals surface area contributed by atoms with Gasteiger partial charge in [-0.05, 0) is 48.9 Å². The van der Waals surface area contributed by atoms with E-state index in [9.17, 15) is 48.7 Å². The van der Waals surface area contributed by atoms with Crippen molar-refractivity contribution in [3.63, 3.8) is 0 Å². The molecular weight excluding hydrogens is 644 g/mol. The van der Waals surface area contributed by atoms with Crippen molar-refractivity contribution in [2.75, 3.05) is 11.5 Å². The fraction of sp³-hybridized carbons (Fsp3) is 0.348. The van der Waals surface area contributed by atoms with Gasteiger partial charge >= 0.3 is 18.5 Å². The van der Waals surface area contributed by atoms with E-state index in [4.69, 9.17) is 11.6 Å². The van der Waals surface area contributed by atoms with Crippen LogP contribution in [0.1, 0.15) is 39.9 Å². The number of allylic oxidation sites excluding steroid dienone is 1. The lowest BCUT2D eigenvalue weighted by atomic mass is 9.95. The molecule has 1 amide bonds. The Hall–Kier alpha value is -1.93. The normalized spacial score (nSPS) is 14.8. The number of benzene rings is 2. The van der Waals surface area contributed by atoms with Crippen LogP contribution < -0.4 is 5.32 Å². The molecule has 2 rings (SSSR count). The largest absolute Gasteiger partial charge is 0.417 e. The predicted molar refractivity (Wildman–Crippen MR) is 129 cm³/mol. The zero-order valence-electron chi connectivity index (χ0n) is 19.0. The standard InChI is InChI=1S/C23H17BrClF10NOS/c1-11(9-38-10-21(27,28)29)36-20(37)16-3-2-12(6-18(16)23(33,34)35)19(26)8-17(22(30,31)32)13-4-14(24)7-15(25)5-13/h2-8,11,17H,9-10H2,1H3,(H,36,37)/b19-8-/t11-,17?/m1/s1. The highest BCUT2D eigenvalue weighted by Gasteiger charge is 2.41. The summed E-state index contributed by atoms with van der Waals surface area (Å²) in [5.74, 6) is -7.00. The van der Waals surface area contributed by atoms with Crippen LogP contribution in [0.25, 0.3) is 5.83 Å². The van der Waals surface area contributed by atoms with Crippen molar-refractivity contribution in [3.05, 3.63) is 74.2 Å². The van der Waals surface area contributed by atoms with E-state index in [0.717, 1.165) is 12.1 Å². The molecule has 15 heteroatoms. The van der Waals surface area contributed by atoms with E-state index in [0.29, 0.717) is 23.9 Å². The molecule has 2 nitrogen and oxygen atoms in total. The average molecular weight is 661 g/mol. The molecule has 38 heavy (non-hydrogen) atoms. The second-order valence-electron chi connectivity index (χ2n) is 8.00. The number of hydrogen-bond donors (Lipinski definition) is 1. The fourth-order valence-corrected chi connectivity index (χ4v) is 4.87. The fourth-order valence-electron chi connectivity index (χ4n) is 3.20. The number of carbonyl (C=O) groups excluding carboxylic acids is 1. The van der Waals surface area contributed by atoms with Crippen LogP contribution in [-0.4, -0.2) is 35.8 Å². The monoisotopic (exact) mass is 659 g/mol. The van der Waals surface area contributed by atoms with Crippen LogP contribution in [0.2, 0.25) is 5.02 Å². The summed E-state index contributed by atoms with van der Waals surface area (Å²) in [6.45, 7) is 1.27. The number of hydrogen-bond acceptors (Lipinski definition) is 2. The molecule has 0 aliphatic rings. The smallest absolute Gasteiger partial charge is 0.349 e. The molecule has 0 fully saturated rings. The van der Waals surface area contributed by atoms with Gasteiger partial charge in [-0.15, -0.1) is 0 Å². The minimum absolute atomic E-state index is 0.0906. The minimum atomic E-state index is -5.21. The molecule has 0 aliphatic carbocycles. The van der Waals surface area contributed by atoms with Gasteiger partial charge in [-0.2, -0.15) is 51.3 Å². The van der Waals surface area contributed by atoms with Crippen LogP contribution in [0.3, 0.4) is 0 Å². The Morgan fingerprint density at radius 3 is 2.21 bits per heavy atom. The number of halogens is 12. The molecule has 2 aromatic rings. The minimum Gasteiger partial charge on any atom is -0.349 e. The van der Waals surface area contributed by atoms with Gasteiger partial charge in [-0.1, -0.05) is 33.6 Å². The SMILES string of the molecule is C[C@H](CSCC(F)(F)F)NC(=O)c1ccc(/C(F)=C/C(c2cc(Cl)cc(Br)c2)C(F)(F)F)cc1C(F)(F)F. The maximum absolute atomic E-state index is 14.9. The van der Waals surface area contributed by atoms with Crippen LogP contribution in [0, 0.1) is 0 Å². The summed E-state index contributed by atoms with van der Waals surface area (Å²) in [7, 11) is 0. The third-order valence-corrected chi connectivity index (χ3v) is 6.71. The second-order valence-corrected chi connectivity index (χ2v) is 10.4. The first-order chi connectivity index (χ1) is 17.3. The number of thioether (sulfide) groups is 1. The molecule has 210 valence electrons. The average Bonchev–Trinajstić information content (AvgIpc) is 2.73. The first kappa shape index (κ1) is 32.3. The van der Waals surface area contributed by atoms with Gasteiger partial charge in [0.1, 0.15) is 11.7 Å². The van der Waals surface area contributed by atoms with Crippen LogP contribution in [0.15, 0.2) is 46.9 Å². The van der Waals surface area contributed by atoms with Crippen molar-refractivity contribution < 1.29 is 48.7 Å². The van der Waals surface area contributed by atoms with E-state index in [-0.39, 0.29) is 27.4 Å². The summed E-state index contributed by atoms with van der Waals surface area (Å²) >= 11 is 9.15. The molecule has 0 saturated carbocycles. The van der Waals surface area contributed by atoms with E-state index in [1.807, 2.05) is 0 Å². The Labute approximate surface area is 227 Å². The Morgan fingerprint density at radius 1 is 1.05 bits per heavy atom. The van der Waals surface area contributed by atoms with Crippen LogP contribution >= 0.6 is 39.3 Å². The molecule has 0 spiro atoms. The Bertz CT molecular complexity index is 1160. The maximum Gasteiger partial charge on any atom is 0.417 e. The van der Waals surface area contributed by atoms with E-state index >= 15 is 0 Å². The van der Waals surface area contributed by atoms with Crippen molar-refractivity contribution in [1.29, 1.82) is 0 Å². The zero-order valence-corrected chi connectivity index (χ0v) is 22.1. The molecule has 0 saturated heterocycles. The van der Waals surface area contributed by atoms with Crippen molar-refractivity contribution in [1.82, 2.24) is 5.32 Å². The quantitative estimate of drug-likeness (QED) is 0.286. The molecule has 1 N–H and O–H groups in total. The molecular formula is C23H17BrClF10NOS. The van der Waals surface area contributed by atoms with Gasteiger partial charge in [0, 0.05) is 26.9 Å². The van der Waals surface area contributed by atoms with Crippen molar-refractivity contribution in [2.24, 2.45) is 0 Å². The summed E-state index contributed by atoms with van der Waals surface area (Å²) in [5, 5.41) is 2.03. The molecule has 2 atom stereocenters. The molecule has 0 aliphatic heterocycles. The molecule has 1 unspecified atom stereocenters. The first-order valence-corrected chi connectivity index (χ1v) is 12.7. The first-order valence-electron chi connectivity index (χ1n) is 10.3. The molecule has 2 aromatic carbocycles. The third kappa shape index (κ3) is 9.67. The Balaban J connectivity index is 2.39. The number of nitrogens with one attached hydrogen (secondary N) is 1. The maximum atomic E-state index is 14.9. The number of carbonyl (C=O) groups is 1. The predicted octanol–water partition coefficient (Wildman–Crippen LogP) is 9.19. The van der Waals surface area contributed by atoms with Gasteiger partial charge in [0.25, 0.3) is 5.91 Å². The zero-order chi connectivity index (χ0) is 29.1. The van der Waals surface area contributed by atoms with E-state index in [1.54, 1.807) is 0 Å². The molecule has 0 heterocycles. The van der Waals surface area contributed by atoms with E-state index in [1.165, 1.54) is 13.0 Å². The third-order valence-electron chi connectivity index (χ3n) is 4.77. The topological polar surface area (TPSA) is 29.1 Å². The highest BCUT2D eigenvalue weighted by molar-refractivity contribution is 9.10. The lowest BCUT2D eigenvalue weighted by Crippen LogP contribution is -2.35. The molecule has 0 aromatic heterocycles. The van der Waals surface area contributed by atoms with E-state index in [2.05, 4.69) is 21.2 Å². The van der Waals surface area contributed by atoms with Gasteiger partial charge in [-0.3, -0.25) is 4.79 Å². The summed E-state index contributed by atoms with van der Waals surface area (Å²) in [6, 6.07) is 3.74. The van der Waals surface area contributed by atoms with E-state index < -0.39 is 70.2 Å². The van der Waals surface area contributed by atoms with Crippen LogP contribution in [0.4, 0.5) is 43.9 Å². The Kier molecular flexibility index (Phi) is 10.6. The van der Waals surface area contributed by atoms with Gasteiger partial charge in [0.05, 0.1) is 16.9 Å². The van der Waals surface area contributed by atoms with Gasteiger partial charge in [-0.25, -0.2) is 4.39 Å². The summed E-state index contributed by atoms with van der Waals surface area (Å²) in [5.41, 5.74) is -3.97. The number of alkyl halides is 9. The highest BCUT2D eigenvalue weighted by Crippen LogP contribution is 2.41. The lowest BCUT2D eigenvalue weighted by Gasteiger charge is -2.19. The van der Waals surface area contributed by atoms with Crippen molar-refractivity contribution in [3.8, 4) is 0 Å². The summed E-state index contributed by atoms with van der Waals surface area (Å²) in [4.78, 5) is 12.4.